The summed E-state index contributed by atoms with van der Waals surface area (Å²) in [4.78, 5) is 4.78. The number of nitrogens with two attached hydrogens (primary N) is 1. The molecule has 220 valence electrons. The van der Waals surface area contributed by atoms with Gasteiger partial charge in [0.1, 0.15) is 0 Å². The van der Waals surface area contributed by atoms with Crippen LogP contribution in [0.5, 0.6) is 0 Å². The van der Waals surface area contributed by atoms with Crippen molar-refractivity contribution in [1.82, 2.24) is 0 Å². The standard InChI is InChI=1S/C44H34N2/c1-28-14-7-12-23-40(28)46-27-39(45)43-32-18-9-8-17-31(32)41(36-26-30(24-25-33(36)43)29-15-5-4-6-16-29)35-20-13-22-38-42(35)34-19-10-11-21-37(34)44(38,2)3/h4-27H,1,45H2,2-3H3/b39-27-,46-40-. The molecule has 0 saturated heterocycles. The molecule has 0 saturated carbocycles. The van der Waals surface area contributed by atoms with Gasteiger partial charge in [-0.1, -0.05) is 148 Å². The van der Waals surface area contributed by atoms with Crippen LogP contribution >= 0.6 is 0 Å². The summed E-state index contributed by atoms with van der Waals surface area (Å²) < 4.78 is 0. The summed E-state index contributed by atoms with van der Waals surface area (Å²) in [5.74, 6) is 0. The predicted octanol–water partition coefficient (Wildman–Crippen LogP) is 11.0. The van der Waals surface area contributed by atoms with Crippen molar-refractivity contribution in [2.24, 2.45) is 10.7 Å². The van der Waals surface area contributed by atoms with Gasteiger partial charge in [0, 0.05) is 11.0 Å². The minimum atomic E-state index is -0.0955. The molecule has 6 aromatic rings. The van der Waals surface area contributed by atoms with Crippen LogP contribution in [0.15, 0.2) is 163 Å². The van der Waals surface area contributed by atoms with Gasteiger partial charge >= 0.3 is 0 Å². The molecule has 0 amide bonds. The van der Waals surface area contributed by atoms with E-state index >= 15 is 0 Å². The molecule has 0 fully saturated rings. The zero-order valence-corrected chi connectivity index (χ0v) is 26.1. The van der Waals surface area contributed by atoms with Crippen molar-refractivity contribution in [2.45, 2.75) is 19.3 Å². The maximum Gasteiger partial charge on any atom is 0.0696 e. The van der Waals surface area contributed by atoms with E-state index in [-0.39, 0.29) is 5.41 Å². The second-order valence-corrected chi connectivity index (χ2v) is 12.7. The van der Waals surface area contributed by atoms with Crippen molar-refractivity contribution >= 4 is 33.0 Å². The maximum absolute atomic E-state index is 7.00. The molecular formula is C44H34N2. The van der Waals surface area contributed by atoms with Crippen molar-refractivity contribution in [3.63, 3.8) is 0 Å². The molecule has 8 rings (SSSR count). The average molecular weight is 591 g/mol. The van der Waals surface area contributed by atoms with E-state index in [0.29, 0.717) is 5.70 Å². The van der Waals surface area contributed by atoms with Gasteiger partial charge in [-0.05, 0) is 83.8 Å². The monoisotopic (exact) mass is 590 g/mol. The van der Waals surface area contributed by atoms with Crippen LogP contribution in [-0.4, -0.2) is 5.71 Å². The van der Waals surface area contributed by atoms with Crippen molar-refractivity contribution in [3.05, 3.63) is 175 Å². The molecule has 0 aliphatic heterocycles. The van der Waals surface area contributed by atoms with E-state index in [1.165, 1.54) is 55.3 Å². The molecule has 0 heterocycles. The summed E-state index contributed by atoms with van der Waals surface area (Å²) in [7, 11) is 0. The lowest BCUT2D eigenvalue weighted by molar-refractivity contribution is 0.660. The van der Waals surface area contributed by atoms with Gasteiger partial charge < -0.3 is 5.73 Å². The Morgan fingerprint density at radius 1 is 0.630 bits per heavy atom. The van der Waals surface area contributed by atoms with Gasteiger partial charge in [0.05, 0.1) is 17.6 Å². The minimum absolute atomic E-state index is 0.0955. The lowest BCUT2D eigenvalue weighted by Crippen LogP contribution is -2.14. The molecule has 2 aliphatic carbocycles. The summed E-state index contributed by atoms with van der Waals surface area (Å²) in [5, 5.41) is 4.54. The Morgan fingerprint density at radius 2 is 1.30 bits per heavy atom. The molecular weight excluding hydrogens is 556 g/mol. The normalized spacial score (nSPS) is 15.9. The summed E-state index contributed by atoms with van der Waals surface area (Å²) in [6.45, 7) is 8.83. The van der Waals surface area contributed by atoms with E-state index in [2.05, 4.69) is 136 Å². The van der Waals surface area contributed by atoms with E-state index in [4.69, 9.17) is 10.7 Å². The number of hydrogen-bond donors (Lipinski definition) is 1. The van der Waals surface area contributed by atoms with Crippen molar-refractivity contribution in [2.75, 3.05) is 0 Å². The van der Waals surface area contributed by atoms with Crippen LogP contribution < -0.4 is 5.73 Å². The van der Waals surface area contributed by atoms with Gasteiger partial charge in [-0.2, -0.15) is 0 Å². The van der Waals surface area contributed by atoms with Crippen LogP contribution in [0.25, 0.3) is 60.6 Å². The zero-order valence-electron chi connectivity index (χ0n) is 26.1. The lowest BCUT2D eigenvalue weighted by atomic mass is 9.80. The molecule has 46 heavy (non-hydrogen) atoms. The van der Waals surface area contributed by atoms with Gasteiger partial charge in [-0.15, -0.1) is 0 Å². The smallest absolute Gasteiger partial charge is 0.0696 e. The largest absolute Gasteiger partial charge is 0.397 e. The first kappa shape index (κ1) is 27.8. The Kier molecular flexibility index (Phi) is 6.47. The SMILES string of the molecule is C=C1C=CC=C/C1=N/C=C(\N)c1c2ccccc2c(-c2cccc3c2-c2ccccc2C3(C)C)c2cc(-c3ccccc3)ccc12. The topological polar surface area (TPSA) is 38.4 Å². The second-order valence-electron chi connectivity index (χ2n) is 12.7. The van der Waals surface area contributed by atoms with Crippen molar-refractivity contribution in [1.29, 1.82) is 0 Å². The highest BCUT2D eigenvalue weighted by Gasteiger charge is 2.37. The first-order chi connectivity index (χ1) is 22.4. The van der Waals surface area contributed by atoms with Gasteiger partial charge in [-0.25, -0.2) is 0 Å². The Labute approximate surface area is 270 Å². The zero-order chi connectivity index (χ0) is 31.4. The Bertz CT molecular complexity index is 2350. The van der Waals surface area contributed by atoms with Gasteiger partial charge in [0.15, 0.2) is 0 Å². The predicted molar refractivity (Wildman–Crippen MR) is 197 cm³/mol. The third-order valence-electron chi connectivity index (χ3n) is 9.63. The number of benzene rings is 6. The molecule has 2 N–H and O–H groups in total. The highest BCUT2D eigenvalue weighted by molar-refractivity contribution is 6.21. The molecule has 0 radical (unpaired) electrons. The Hall–Kier alpha value is -5.73. The molecule has 0 bridgehead atoms. The van der Waals surface area contributed by atoms with E-state index in [1.54, 1.807) is 6.20 Å². The third kappa shape index (κ3) is 4.29. The summed E-state index contributed by atoms with van der Waals surface area (Å²) in [6.07, 6.45) is 9.66. The van der Waals surface area contributed by atoms with Crippen LogP contribution in [0.4, 0.5) is 0 Å². The second kappa shape index (κ2) is 10.7. The highest BCUT2D eigenvalue weighted by Crippen LogP contribution is 2.54. The Balaban J connectivity index is 1.48. The van der Waals surface area contributed by atoms with E-state index in [0.717, 1.165) is 27.6 Å². The molecule has 2 heteroatoms. The molecule has 0 atom stereocenters. The lowest BCUT2D eigenvalue weighted by Gasteiger charge is -2.23. The number of rotatable bonds is 4. The molecule has 0 spiro atoms. The fraction of sp³-hybridized carbons (Fsp3) is 0.0682. The number of hydrogen-bond acceptors (Lipinski definition) is 2. The number of nitrogens with zero attached hydrogens (tertiary/aromatic N) is 1. The van der Waals surface area contributed by atoms with Crippen LogP contribution in [0.2, 0.25) is 0 Å². The summed E-state index contributed by atoms with van der Waals surface area (Å²) in [6, 6.07) is 41.8. The van der Waals surface area contributed by atoms with E-state index < -0.39 is 0 Å². The Morgan fingerprint density at radius 3 is 2.13 bits per heavy atom. The number of fused-ring (bicyclic) bond motifs is 5. The third-order valence-corrected chi connectivity index (χ3v) is 9.63. The van der Waals surface area contributed by atoms with E-state index in [1.807, 2.05) is 24.3 Å². The first-order valence-corrected chi connectivity index (χ1v) is 15.8. The summed E-state index contributed by atoms with van der Waals surface area (Å²) in [5.41, 5.74) is 20.4. The molecule has 6 aromatic carbocycles. The van der Waals surface area contributed by atoms with Crippen LogP contribution in [0.1, 0.15) is 30.5 Å². The van der Waals surface area contributed by atoms with Crippen LogP contribution in [-0.2, 0) is 5.41 Å². The first-order valence-electron chi connectivity index (χ1n) is 15.8. The molecule has 0 unspecified atom stereocenters. The van der Waals surface area contributed by atoms with Gasteiger partial charge in [0.2, 0.25) is 0 Å². The minimum Gasteiger partial charge on any atom is -0.397 e. The van der Waals surface area contributed by atoms with Crippen molar-refractivity contribution in [3.8, 4) is 33.4 Å². The van der Waals surface area contributed by atoms with E-state index in [9.17, 15) is 0 Å². The fourth-order valence-electron chi connectivity index (χ4n) is 7.39. The highest BCUT2D eigenvalue weighted by atomic mass is 14.7. The molecule has 2 nitrogen and oxygen atoms in total. The molecule has 0 aromatic heterocycles. The number of allylic oxidation sites excluding steroid dienone is 5. The quantitative estimate of drug-likeness (QED) is 0.204. The van der Waals surface area contributed by atoms with Crippen molar-refractivity contribution < 1.29 is 0 Å². The average Bonchev–Trinajstić information content (AvgIpc) is 3.33. The van der Waals surface area contributed by atoms with Gasteiger partial charge in [0.25, 0.3) is 0 Å². The molecule has 2 aliphatic rings. The van der Waals surface area contributed by atoms with Crippen LogP contribution in [0, 0.1) is 0 Å². The van der Waals surface area contributed by atoms with Gasteiger partial charge in [-0.3, -0.25) is 4.99 Å². The van der Waals surface area contributed by atoms with Crippen LogP contribution in [0.3, 0.4) is 0 Å². The number of aliphatic imine (C=N–C) groups is 1. The fourth-order valence-corrected chi connectivity index (χ4v) is 7.39. The maximum atomic E-state index is 7.00. The summed E-state index contributed by atoms with van der Waals surface area (Å²) >= 11 is 0.